The van der Waals surface area contributed by atoms with Crippen LogP contribution in [0.2, 0.25) is 0 Å². The van der Waals surface area contributed by atoms with Gasteiger partial charge >= 0.3 is 0 Å². The molecule has 214 valence electrons. The first-order valence-corrected chi connectivity index (χ1v) is 14.9. The van der Waals surface area contributed by atoms with Gasteiger partial charge in [-0.25, -0.2) is 9.37 Å². The van der Waals surface area contributed by atoms with Gasteiger partial charge in [0, 0.05) is 36.6 Å². The molecule has 3 aromatic rings. The van der Waals surface area contributed by atoms with Crippen LogP contribution in [0.15, 0.2) is 47.8 Å². The van der Waals surface area contributed by atoms with Crippen molar-refractivity contribution in [3.63, 3.8) is 0 Å². The highest BCUT2D eigenvalue weighted by Gasteiger charge is 2.51. The summed E-state index contributed by atoms with van der Waals surface area (Å²) < 4.78 is 25.4. The van der Waals surface area contributed by atoms with Crippen LogP contribution in [0.3, 0.4) is 0 Å². The fourth-order valence-electron chi connectivity index (χ4n) is 6.92. The first-order valence-electron chi connectivity index (χ1n) is 14.0. The van der Waals surface area contributed by atoms with Gasteiger partial charge < -0.3 is 14.4 Å². The Labute approximate surface area is 241 Å². The highest BCUT2D eigenvalue weighted by molar-refractivity contribution is 7.09. The molecule has 2 aromatic carbocycles. The van der Waals surface area contributed by atoms with E-state index in [4.69, 9.17) is 14.5 Å². The highest BCUT2D eigenvalue weighted by atomic mass is 32.1. The predicted molar refractivity (Wildman–Crippen MR) is 156 cm³/mol. The van der Waals surface area contributed by atoms with Gasteiger partial charge in [-0.2, -0.15) is 0 Å². The van der Waals surface area contributed by atoms with Crippen molar-refractivity contribution in [1.29, 1.82) is 0 Å². The quantitative estimate of drug-likeness (QED) is 0.278. The van der Waals surface area contributed by atoms with E-state index in [9.17, 15) is 9.18 Å². The van der Waals surface area contributed by atoms with Crippen molar-refractivity contribution in [2.75, 3.05) is 27.3 Å². The van der Waals surface area contributed by atoms with Gasteiger partial charge in [0.05, 0.1) is 20.8 Å². The monoisotopic (exact) mass is 565 g/mol. The van der Waals surface area contributed by atoms with E-state index in [1.807, 2.05) is 35.7 Å². The van der Waals surface area contributed by atoms with E-state index in [2.05, 4.69) is 30.6 Å². The normalized spacial score (nSPS) is 21.6. The Kier molecular flexibility index (Phi) is 8.20. The summed E-state index contributed by atoms with van der Waals surface area (Å²) in [7, 11) is 3.25. The van der Waals surface area contributed by atoms with Crippen LogP contribution in [0, 0.1) is 16.6 Å². The van der Waals surface area contributed by atoms with E-state index in [1.54, 1.807) is 20.3 Å². The van der Waals surface area contributed by atoms with E-state index in [0.717, 1.165) is 42.8 Å². The van der Waals surface area contributed by atoms with Crippen LogP contribution in [0.5, 0.6) is 11.5 Å². The molecule has 0 N–H and O–H groups in total. The minimum atomic E-state index is -0.217. The fourth-order valence-corrected chi connectivity index (χ4v) is 7.73. The molecule has 2 heterocycles. The zero-order valence-electron chi connectivity index (χ0n) is 24.2. The van der Waals surface area contributed by atoms with Crippen LogP contribution in [0.4, 0.5) is 4.39 Å². The summed E-state index contributed by atoms with van der Waals surface area (Å²) in [4.78, 5) is 22.6. The summed E-state index contributed by atoms with van der Waals surface area (Å²) in [5.41, 5.74) is 2.70. The third-order valence-electron chi connectivity index (χ3n) is 8.32. The number of nitrogens with zero attached hydrogens (tertiary/aromatic N) is 3. The number of aromatic nitrogens is 1. The molecule has 2 atom stereocenters. The predicted octanol–water partition coefficient (Wildman–Crippen LogP) is 6.59. The Hall–Kier alpha value is -2.97. The summed E-state index contributed by atoms with van der Waals surface area (Å²) in [5, 5.41) is 2.75. The van der Waals surface area contributed by atoms with Gasteiger partial charge in [-0.3, -0.25) is 9.69 Å². The standard InChI is InChI=1S/C32H40FN3O3S/c1-31(2)15-24-16-32(3,20-31)21-36(24)30(37)26-19-40-29(34-26)18-35(17-23-8-6-7-9-25(23)33)13-12-22-10-11-27(38-4)28(14-22)39-5/h6-11,14,19,24H,12-13,15-18,20-21H2,1-5H3/t24-,32+/m1/s1. The van der Waals surface area contributed by atoms with Crippen molar-refractivity contribution >= 4 is 17.2 Å². The lowest BCUT2D eigenvalue weighted by Crippen LogP contribution is -2.37. The lowest BCUT2D eigenvalue weighted by Gasteiger charge is -2.39. The average Bonchev–Trinajstić information content (AvgIpc) is 3.48. The molecule has 1 saturated carbocycles. The van der Waals surface area contributed by atoms with E-state index in [0.29, 0.717) is 42.4 Å². The second kappa shape index (κ2) is 11.5. The summed E-state index contributed by atoms with van der Waals surface area (Å²) >= 11 is 1.51. The Morgan fingerprint density at radius 3 is 2.62 bits per heavy atom. The van der Waals surface area contributed by atoms with Crippen LogP contribution in [-0.4, -0.2) is 54.0 Å². The lowest BCUT2D eigenvalue weighted by atomic mass is 9.65. The van der Waals surface area contributed by atoms with Crippen LogP contribution in [0.1, 0.15) is 66.7 Å². The summed E-state index contributed by atoms with van der Waals surface area (Å²) in [5.74, 6) is 1.20. The van der Waals surface area contributed by atoms with Crippen LogP contribution < -0.4 is 9.47 Å². The minimum Gasteiger partial charge on any atom is -0.493 e. The van der Waals surface area contributed by atoms with Gasteiger partial charge in [-0.05, 0) is 60.3 Å². The van der Waals surface area contributed by atoms with Gasteiger partial charge in [0.2, 0.25) is 0 Å². The molecule has 6 nitrogen and oxygen atoms in total. The number of fused-ring (bicyclic) bond motifs is 2. The van der Waals surface area contributed by atoms with Crippen molar-refractivity contribution in [2.45, 2.75) is 65.6 Å². The first-order chi connectivity index (χ1) is 19.1. The van der Waals surface area contributed by atoms with Crippen molar-refractivity contribution in [1.82, 2.24) is 14.8 Å². The van der Waals surface area contributed by atoms with Crippen molar-refractivity contribution in [3.05, 3.63) is 75.5 Å². The summed E-state index contributed by atoms with van der Waals surface area (Å²) in [6.07, 6.45) is 4.01. The molecule has 0 spiro atoms. The summed E-state index contributed by atoms with van der Waals surface area (Å²) in [6.45, 7) is 9.43. The Bertz CT molecular complexity index is 1360. The molecule has 0 radical (unpaired) electrons. The third-order valence-corrected chi connectivity index (χ3v) is 9.16. The van der Waals surface area contributed by atoms with Gasteiger partial charge in [-0.15, -0.1) is 11.3 Å². The smallest absolute Gasteiger partial charge is 0.273 e. The Morgan fingerprint density at radius 2 is 1.88 bits per heavy atom. The maximum absolute atomic E-state index is 14.6. The topological polar surface area (TPSA) is 54.9 Å². The van der Waals surface area contributed by atoms with Crippen molar-refractivity contribution < 1.29 is 18.7 Å². The van der Waals surface area contributed by atoms with Crippen molar-refractivity contribution in [3.8, 4) is 11.5 Å². The number of benzene rings is 2. The molecule has 8 heteroatoms. The largest absolute Gasteiger partial charge is 0.493 e. The second-order valence-electron chi connectivity index (χ2n) is 12.5. The van der Waals surface area contributed by atoms with Gasteiger partial charge in [0.25, 0.3) is 5.91 Å². The number of hydrogen-bond acceptors (Lipinski definition) is 6. The molecule has 2 aliphatic rings. The Balaban J connectivity index is 1.30. The van der Waals surface area contributed by atoms with Crippen LogP contribution in [-0.2, 0) is 19.5 Å². The zero-order valence-corrected chi connectivity index (χ0v) is 25.0. The number of methoxy groups -OCH3 is 2. The molecular formula is C32H40FN3O3S. The molecule has 1 aromatic heterocycles. The molecule has 0 unspecified atom stereocenters. The van der Waals surface area contributed by atoms with E-state index in [1.165, 1.54) is 17.4 Å². The van der Waals surface area contributed by atoms with E-state index < -0.39 is 0 Å². The van der Waals surface area contributed by atoms with E-state index in [-0.39, 0.29) is 28.6 Å². The molecule has 2 fully saturated rings. The minimum absolute atomic E-state index is 0.0416. The SMILES string of the molecule is COc1ccc(CCN(Cc2nc(C(=O)N3C[C@@]4(C)C[C@H]3CC(C)(C)C4)cs2)Cc2ccccc2F)cc1OC. The van der Waals surface area contributed by atoms with Gasteiger partial charge in [0.15, 0.2) is 11.5 Å². The molecule has 2 bridgehead atoms. The number of ether oxygens (including phenoxy) is 2. The number of halogens is 1. The fraction of sp³-hybridized carbons (Fsp3) is 0.500. The third kappa shape index (κ3) is 6.33. The second-order valence-corrected chi connectivity index (χ2v) is 13.5. The molecular weight excluding hydrogens is 525 g/mol. The maximum atomic E-state index is 14.6. The number of carbonyl (C=O) groups excluding carboxylic acids is 1. The molecule has 1 aliphatic carbocycles. The maximum Gasteiger partial charge on any atom is 0.273 e. The number of thiazole rings is 1. The number of rotatable bonds is 10. The molecule has 1 amide bonds. The Morgan fingerprint density at radius 1 is 1.10 bits per heavy atom. The number of hydrogen-bond donors (Lipinski definition) is 0. The van der Waals surface area contributed by atoms with Crippen molar-refractivity contribution in [2.24, 2.45) is 10.8 Å². The zero-order chi connectivity index (χ0) is 28.5. The summed E-state index contributed by atoms with van der Waals surface area (Å²) in [6, 6.07) is 13.1. The number of amides is 1. The van der Waals surface area contributed by atoms with Gasteiger partial charge in [0.1, 0.15) is 16.5 Å². The first kappa shape index (κ1) is 28.6. The van der Waals surface area contributed by atoms with E-state index >= 15 is 0 Å². The average molecular weight is 566 g/mol. The van der Waals surface area contributed by atoms with Crippen LogP contribution >= 0.6 is 11.3 Å². The van der Waals surface area contributed by atoms with Gasteiger partial charge in [-0.1, -0.05) is 45.0 Å². The molecule has 40 heavy (non-hydrogen) atoms. The number of carbonyl (C=O) groups is 1. The molecule has 5 rings (SSSR count). The highest BCUT2D eigenvalue weighted by Crippen LogP contribution is 2.52. The molecule has 1 saturated heterocycles. The lowest BCUT2D eigenvalue weighted by molar-refractivity contribution is 0.0702. The van der Waals surface area contributed by atoms with Crippen LogP contribution in [0.25, 0.3) is 0 Å². The molecule has 1 aliphatic heterocycles. The number of likely N-dealkylation sites (tertiary alicyclic amines) is 1.